The lowest BCUT2D eigenvalue weighted by Gasteiger charge is -2.36. The molecule has 0 aromatic heterocycles. The zero-order chi connectivity index (χ0) is 18.6. The molecular formula is C19H32ClN5O. The molecule has 7 heteroatoms. The van der Waals surface area contributed by atoms with Gasteiger partial charge < -0.3 is 20.7 Å². The molecule has 0 unspecified atom stereocenters. The number of aliphatic imine (C=N–C) groups is 1. The molecule has 0 spiro atoms. The number of halogens is 1. The largest absolute Gasteiger partial charge is 0.382 e. The summed E-state index contributed by atoms with van der Waals surface area (Å²) in [6.07, 6.45) is 1.97. The molecule has 2 rings (SSSR count). The van der Waals surface area contributed by atoms with Crippen molar-refractivity contribution < 1.29 is 4.74 Å². The van der Waals surface area contributed by atoms with Crippen LogP contribution in [0.15, 0.2) is 29.3 Å². The van der Waals surface area contributed by atoms with Crippen molar-refractivity contribution in [3.05, 3.63) is 29.3 Å². The minimum absolute atomic E-state index is 0.535. The van der Waals surface area contributed by atoms with E-state index in [2.05, 4.69) is 26.2 Å². The number of hydrogen-bond donors (Lipinski definition) is 2. The first-order valence-electron chi connectivity index (χ1n) is 9.53. The highest BCUT2D eigenvalue weighted by Gasteiger charge is 2.16. The van der Waals surface area contributed by atoms with Gasteiger partial charge in [-0.1, -0.05) is 17.7 Å². The molecule has 1 aromatic carbocycles. The summed E-state index contributed by atoms with van der Waals surface area (Å²) in [6.45, 7) is 10.4. The van der Waals surface area contributed by atoms with E-state index in [-0.39, 0.29) is 0 Å². The van der Waals surface area contributed by atoms with Crippen LogP contribution in [0.5, 0.6) is 0 Å². The number of guanidine groups is 1. The predicted molar refractivity (Wildman–Crippen MR) is 110 cm³/mol. The summed E-state index contributed by atoms with van der Waals surface area (Å²) in [7, 11) is 0. The lowest BCUT2D eigenvalue weighted by molar-refractivity contribution is 0.146. The summed E-state index contributed by atoms with van der Waals surface area (Å²) in [5, 5.41) is 3.99. The van der Waals surface area contributed by atoms with E-state index in [1.54, 1.807) is 0 Å². The van der Waals surface area contributed by atoms with Crippen molar-refractivity contribution in [3.63, 3.8) is 0 Å². The van der Waals surface area contributed by atoms with Crippen molar-refractivity contribution in [1.82, 2.24) is 10.2 Å². The smallest absolute Gasteiger partial charge is 0.188 e. The van der Waals surface area contributed by atoms with Crippen LogP contribution >= 0.6 is 11.6 Å². The fraction of sp³-hybridized carbons (Fsp3) is 0.632. The van der Waals surface area contributed by atoms with Crippen LogP contribution in [0, 0.1) is 0 Å². The van der Waals surface area contributed by atoms with Crippen LogP contribution < -0.4 is 16.0 Å². The van der Waals surface area contributed by atoms with Crippen LogP contribution in [-0.4, -0.2) is 69.9 Å². The molecule has 6 nitrogen and oxygen atoms in total. The highest BCUT2D eigenvalue weighted by Crippen LogP contribution is 2.20. The van der Waals surface area contributed by atoms with Crippen molar-refractivity contribution in [2.45, 2.75) is 19.8 Å². The Balaban J connectivity index is 1.55. The standard InChI is InChI=1S/C19H32ClN5O/c1-2-26-15-5-9-23-19(21)22-8-4-10-24-11-13-25(14-12-24)18-7-3-6-17(20)16-18/h3,6-7,16H,2,4-5,8-15H2,1H3,(H3,21,22,23). The molecule has 0 radical (unpaired) electrons. The van der Waals surface area contributed by atoms with Gasteiger partial charge in [-0.2, -0.15) is 0 Å². The summed E-state index contributed by atoms with van der Waals surface area (Å²) >= 11 is 6.09. The monoisotopic (exact) mass is 381 g/mol. The van der Waals surface area contributed by atoms with Gasteiger partial charge in [0.1, 0.15) is 0 Å². The van der Waals surface area contributed by atoms with Crippen molar-refractivity contribution in [3.8, 4) is 0 Å². The lowest BCUT2D eigenvalue weighted by atomic mass is 10.2. The Morgan fingerprint density at radius 3 is 2.81 bits per heavy atom. The van der Waals surface area contributed by atoms with Crippen LogP contribution in [0.4, 0.5) is 5.69 Å². The third kappa shape index (κ3) is 7.81. The number of anilines is 1. The Morgan fingerprint density at radius 2 is 2.08 bits per heavy atom. The SMILES string of the molecule is CCOCCCN=C(N)NCCCN1CCN(c2cccc(Cl)c2)CC1. The number of rotatable bonds is 10. The van der Waals surface area contributed by atoms with Crippen molar-refractivity contribution in [2.75, 3.05) is 63.9 Å². The Morgan fingerprint density at radius 1 is 1.27 bits per heavy atom. The molecule has 0 bridgehead atoms. The lowest BCUT2D eigenvalue weighted by Crippen LogP contribution is -2.47. The molecule has 1 aliphatic heterocycles. The minimum Gasteiger partial charge on any atom is -0.382 e. The number of benzene rings is 1. The Hall–Kier alpha value is -1.50. The molecule has 0 amide bonds. The topological polar surface area (TPSA) is 66.1 Å². The summed E-state index contributed by atoms with van der Waals surface area (Å²) in [6, 6.07) is 8.10. The van der Waals surface area contributed by atoms with E-state index in [1.165, 1.54) is 5.69 Å². The molecule has 0 atom stereocenters. The van der Waals surface area contributed by atoms with Gasteiger partial charge in [-0.25, -0.2) is 0 Å². The number of nitrogens with two attached hydrogens (primary N) is 1. The predicted octanol–water partition coefficient (Wildman–Crippen LogP) is 2.18. The number of ether oxygens (including phenoxy) is 1. The van der Waals surface area contributed by atoms with E-state index in [9.17, 15) is 0 Å². The van der Waals surface area contributed by atoms with Gasteiger partial charge in [0, 0.05) is 63.2 Å². The quantitative estimate of drug-likeness (QED) is 0.369. The first-order valence-corrected chi connectivity index (χ1v) is 9.91. The number of hydrogen-bond acceptors (Lipinski definition) is 4. The number of nitrogens with one attached hydrogen (secondary N) is 1. The number of piperazine rings is 1. The first kappa shape index (κ1) is 20.8. The number of nitrogens with zero attached hydrogens (tertiary/aromatic N) is 3. The van der Waals surface area contributed by atoms with E-state index < -0.39 is 0 Å². The van der Waals surface area contributed by atoms with Crippen LogP contribution in [0.2, 0.25) is 5.02 Å². The van der Waals surface area contributed by atoms with Crippen LogP contribution in [-0.2, 0) is 4.74 Å². The average molecular weight is 382 g/mol. The maximum Gasteiger partial charge on any atom is 0.188 e. The minimum atomic E-state index is 0.535. The molecule has 3 N–H and O–H groups in total. The van der Waals surface area contributed by atoms with Gasteiger partial charge in [-0.3, -0.25) is 9.89 Å². The van der Waals surface area contributed by atoms with E-state index >= 15 is 0 Å². The zero-order valence-electron chi connectivity index (χ0n) is 15.8. The summed E-state index contributed by atoms with van der Waals surface area (Å²) in [4.78, 5) is 9.20. The van der Waals surface area contributed by atoms with Crippen LogP contribution in [0.3, 0.4) is 0 Å². The van der Waals surface area contributed by atoms with Gasteiger partial charge in [0.05, 0.1) is 0 Å². The second-order valence-electron chi connectivity index (χ2n) is 6.41. The molecule has 146 valence electrons. The van der Waals surface area contributed by atoms with Gasteiger partial charge >= 0.3 is 0 Å². The molecule has 0 aliphatic carbocycles. The summed E-state index contributed by atoms with van der Waals surface area (Å²) < 4.78 is 5.28. The maximum absolute atomic E-state index is 6.09. The first-order chi connectivity index (χ1) is 12.7. The van der Waals surface area contributed by atoms with Crippen LogP contribution in [0.1, 0.15) is 19.8 Å². The van der Waals surface area contributed by atoms with Crippen molar-refractivity contribution in [1.29, 1.82) is 0 Å². The van der Waals surface area contributed by atoms with Crippen LogP contribution in [0.25, 0.3) is 0 Å². The van der Waals surface area contributed by atoms with Gasteiger partial charge in [-0.15, -0.1) is 0 Å². The molecule has 1 fully saturated rings. The third-order valence-corrected chi connectivity index (χ3v) is 4.67. The highest BCUT2D eigenvalue weighted by molar-refractivity contribution is 6.30. The van der Waals surface area contributed by atoms with E-state index in [0.29, 0.717) is 12.5 Å². The molecule has 1 heterocycles. The molecule has 26 heavy (non-hydrogen) atoms. The maximum atomic E-state index is 6.09. The Kier molecular flexibility index (Phi) is 9.60. The Labute approximate surface area is 162 Å². The van der Waals surface area contributed by atoms with Gasteiger partial charge in [0.15, 0.2) is 5.96 Å². The van der Waals surface area contributed by atoms with Gasteiger partial charge in [0.25, 0.3) is 0 Å². The normalized spacial score (nSPS) is 16.1. The zero-order valence-corrected chi connectivity index (χ0v) is 16.5. The molecule has 1 saturated heterocycles. The summed E-state index contributed by atoms with van der Waals surface area (Å²) in [5.41, 5.74) is 7.08. The average Bonchev–Trinajstić information content (AvgIpc) is 2.65. The second kappa shape index (κ2) is 12.0. The van der Waals surface area contributed by atoms with Crippen molar-refractivity contribution in [2.24, 2.45) is 10.7 Å². The highest BCUT2D eigenvalue weighted by atomic mass is 35.5. The fourth-order valence-corrected chi connectivity index (χ4v) is 3.17. The fourth-order valence-electron chi connectivity index (χ4n) is 2.99. The molecule has 1 aliphatic rings. The third-order valence-electron chi connectivity index (χ3n) is 4.44. The molecular weight excluding hydrogens is 350 g/mol. The molecule has 1 aromatic rings. The van der Waals surface area contributed by atoms with E-state index in [4.69, 9.17) is 22.1 Å². The van der Waals surface area contributed by atoms with Gasteiger partial charge in [0.2, 0.25) is 0 Å². The molecule has 0 saturated carbocycles. The van der Waals surface area contributed by atoms with E-state index in [0.717, 1.165) is 70.3 Å². The van der Waals surface area contributed by atoms with Gasteiger partial charge in [-0.05, 0) is 44.5 Å². The van der Waals surface area contributed by atoms with Crippen molar-refractivity contribution >= 4 is 23.2 Å². The Bertz CT molecular complexity index is 546. The second-order valence-corrected chi connectivity index (χ2v) is 6.84. The van der Waals surface area contributed by atoms with E-state index in [1.807, 2.05) is 25.1 Å². The summed E-state index contributed by atoms with van der Waals surface area (Å²) in [5.74, 6) is 0.535.